The molecule has 0 radical (unpaired) electrons. The van der Waals surface area contributed by atoms with Crippen LogP contribution in [0.4, 0.5) is 11.4 Å². The van der Waals surface area contributed by atoms with E-state index in [9.17, 15) is 14.9 Å². The molecule has 0 aliphatic heterocycles. The molecule has 9 nitrogen and oxygen atoms in total. The van der Waals surface area contributed by atoms with E-state index >= 15 is 0 Å². The van der Waals surface area contributed by atoms with Gasteiger partial charge in [0.2, 0.25) is 11.8 Å². The fraction of sp³-hybridized carbons (Fsp3) is 0.400. The molecule has 3 rings (SSSR count). The second kappa shape index (κ2) is 7.09. The summed E-state index contributed by atoms with van der Waals surface area (Å²) in [5.74, 6) is 0.888. The quantitative estimate of drug-likeness (QED) is 0.452. The Morgan fingerprint density at radius 1 is 1.48 bits per heavy atom. The molecule has 1 amide bonds. The van der Waals surface area contributed by atoms with E-state index in [1.165, 1.54) is 25.3 Å². The van der Waals surface area contributed by atoms with Crippen molar-refractivity contribution >= 4 is 29.0 Å². The summed E-state index contributed by atoms with van der Waals surface area (Å²) in [6, 6.07) is 3.99. The lowest BCUT2D eigenvalue weighted by molar-refractivity contribution is -0.384. The number of anilines is 1. The SMILES string of the molecule is COc1cc([N+](=O)[O-])ccc1NC(=O)[C@@H](C)Sc1nnc(C2CC2)o1. The number of nitrogens with zero attached hydrogens (tertiary/aromatic N) is 3. The van der Waals surface area contributed by atoms with Gasteiger partial charge >= 0.3 is 0 Å². The number of carbonyl (C=O) groups excluding carboxylic acids is 1. The van der Waals surface area contributed by atoms with Crippen molar-refractivity contribution in [3.8, 4) is 5.75 Å². The molecule has 1 heterocycles. The highest BCUT2D eigenvalue weighted by atomic mass is 32.2. The number of non-ortho nitro benzene ring substituents is 1. The van der Waals surface area contributed by atoms with E-state index in [0.29, 0.717) is 22.7 Å². The maximum absolute atomic E-state index is 12.3. The minimum atomic E-state index is -0.528. The number of benzene rings is 1. The number of thioether (sulfide) groups is 1. The minimum absolute atomic E-state index is 0.115. The number of nitrogens with one attached hydrogen (secondary N) is 1. The molecule has 0 saturated heterocycles. The summed E-state index contributed by atoms with van der Waals surface area (Å²) in [6.45, 7) is 1.71. The van der Waals surface area contributed by atoms with E-state index in [0.717, 1.165) is 24.6 Å². The van der Waals surface area contributed by atoms with Crippen LogP contribution in [0.5, 0.6) is 5.75 Å². The monoisotopic (exact) mass is 364 g/mol. The molecular weight excluding hydrogens is 348 g/mol. The van der Waals surface area contributed by atoms with Gasteiger partial charge in [-0.3, -0.25) is 14.9 Å². The van der Waals surface area contributed by atoms with Crippen LogP contribution in [-0.4, -0.2) is 33.4 Å². The van der Waals surface area contributed by atoms with Gasteiger partial charge < -0.3 is 14.5 Å². The Kier molecular flexibility index (Phi) is 4.88. The Bertz CT molecular complexity index is 805. The number of amides is 1. The lowest BCUT2D eigenvalue weighted by Gasteiger charge is -2.12. The summed E-state index contributed by atoms with van der Waals surface area (Å²) >= 11 is 1.16. The van der Waals surface area contributed by atoms with Crippen LogP contribution >= 0.6 is 11.8 Å². The number of ether oxygens (including phenoxy) is 1. The first-order valence-electron chi connectivity index (χ1n) is 7.61. The topological polar surface area (TPSA) is 120 Å². The molecule has 2 aromatic rings. The van der Waals surface area contributed by atoms with Crippen LogP contribution in [0.1, 0.15) is 31.6 Å². The van der Waals surface area contributed by atoms with E-state index < -0.39 is 10.2 Å². The normalized spacial score (nSPS) is 14.8. The van der Waals surface area contributed by atoms with Gasteiger partial charge in [0.25, 0.3) is 10.9 Å². The summed E-state index contributed by atoms with van der Waals surface area (Å²) in [4.78, 5) is 22.6. The van der Waals surface area contributed by atoms with Gasteiger partial charge in [-0.1, -0.05) is 11.8 Å². The van der Waals surface area contributed by atoms with Gasteiger partial charge in [0.05, 0.1) is 29.0 Å². The lowest BCUT2D eigenvalue weighted by atomic mass is 10.2. The number of methoxy groups -OCH3 is 1. The molecule has 25 heavy (non-hydrogen) atoms. The van der Waals surface area contributed by atoms with Crippen LogP contribution in [-0.2, 0) is 4.79 Å². The fourth-order valence-corrected chi connectivity index (χ4v) is 2.79. The van der Waals surface area contributed by atoms with Gasteiger partial charge in [-0.2, -0.15) is 0 Å². The fourth-order valence-electron chi connectivity index (χ4n) is 2.10. The summed E-state index contributed by atoms with van der Waals surface area (Å²) in [5, 5.41) is 21.3. The van der Waals surface area contributed by atoms with Crippen molar-refractivity contribution in [3.05, 3.63) is 34.2 Å². The minimum Gasteiger partial charge on any atom is -0.494 e. The van der Waals surface area contributed by atoms with Gasteiger partial charge in [0, 0.05) is 12.0 Å². The Morgan fingerprint density at radius 3 is 2.88 bits per heavy atom. The smallest absolute Gasteiger partial charge is 0.277 e. The second-order valence-corrected chi connectivity index (χ2v) is 6.86. The lowest BCUT2D eigenvalue weighted by Crippen LogP contribution is -2.22. The third-order valence-electron chi connectivity index (χ3n) is 3.65. The molecule has 0 unspecified atom stereocenters. The Balaban J connectivity index is 1.65. The van der Waals surface area contributed by atoms with Crippen LogP contribution in [0.3, 0.4) is 0 Å². The number of rotatable bonds is 7. The van der Waals surface area contributed by atoms with Crippen LogP contribution < -0.4 is 10.1 Å². The van der Waals surface area contributed by atoms with Crippen molar-refractivity contribution in [1.82, 2.24) is 10.2 Å². The molecule has 10 heteroatoms. The molecule has 1 aliphatic carbocycles. The van der Waals surface area contributed by atoms with Gasteiger partial charge in [0.1, 0.15) is 5.75 Å². The molecule has 1 atom stereocenters. The average Bonchev–Trinajstić information content (AvgIpc) is 3.34. The molecule has 132 valence electrons. The van der Waals surface area contributed by atoms with Crippen molar-refractivity contribution in [3.63, 3.8) is 0 Å². The number of carbonyl (C=O) groups is 1. The summed E-state index contributed by atoms with van der Waals surface area (Å²) in [6.07, 6.45) is 2.12. The Morgan fingerprint density at radius 2 is 2.24 bits per heavy atom. The van der Waals surface area contributed by atoms with Crippen LogP contribution in [0, 0.1) is 10.1 Å². The summed E-state index contributed by atoms with van der Waals surface area (Å²) < 4.78 is 10.6. The zero-order valence-electron chi connectivity index (χ0n) is 13.6. The summed E-state index contributed by atoms with van der Waals surface area (Å²) in [5.41, 5.74) is 0.241. The second-order valence-electron chi connectivity index (χ2n) is 5.57. The Hall–Kier alpha value is -2.62. The Labute approximate surface area is 147 Å². The maximum atomic E-state index is 12.3. The molecule has 1 aliphatic rings. The molecule has 1 aromatic carbocycles. The molecule has 1 aromatic heterocycles. The highest BCUT2D eigenvalue weighted by Crippen LogP contribution is 2.40. The van der Waals surface area contributed by atoms with Gasteiger partial charge in [0.15, 0.2) is 0 Å². The van der Waals surface area contributed by atoms with Gasteiger partial charge in [-0.05, 0) is 25.8 Å². The van der Waals surface area contributed by atoms with E-state index in [2.05, 4.69) is 15.5 Å². The first kappa shape index (κ1) is 17.2. The number of hydrogen-bond acceptors (Lipinski definition) is 8. The zero-order chi connectivity index (χ0) is 18.0. The van der Waals surface area contributed by atoms with Crippen molar-refractivity contribution in [2.45, 2.75) is 36.2 Å². The third kappa shape index (κ3) is 4.08. The predicted octanol–water partition coefficient (Wildman–Crippen LogP) is 2.98. The van der Waals surface area contributed by atoms with Crippen molar-refractivity contribution in [2.24, 2.45) is 0 Å². The molecule has 0 bridgehead atoms. The average molecular weight is 364 g/mol. The highest BCUT2D eigenvalue weighted by Gasteiger charge is 2.30. The molecule has 1 N–H and O–H groups in total. The molecule has 1 fully saturated rings. The highest BCUT2D eigenvalue weighted by molar-refractivity contribution is 8.00. The van der Waals surface area contributed by atoms with E-state index in [1.54, 1.807) is 6.92 Å². The molecule has 0 spiro atoms. The largest absolute Gasteiger partial charge is 0.494 e. The first-order chi connectivity index (χ1) is 12.0. The van der Waals surface area contributed by atoms with Crippen LogP contribution in [0.25, 0.3) is 0 Å². The predicted molar refractivity (Wildman–Crippen MR) is 89.9 cm³/mol. The number of nitro benzene ring substituents is 1. The van der Waals surface area contributed by atoms with Crippen molar-refractivity contribution in [2.75, 3.05) is 12.4 Å². The summed E-state index contributed by atoms with van der Waals surface area (Å²) in [7, 11) is 1.38. The van der Waals surface area contributed by atoms with Crippen molar-refractivity contribution < 1.29 is 18.9 Å². The van der Waals surface area contributed by atoms with Crippen molar-refractivity contribution in [1.29, 1.82) is 0 Å². The molecule has 1 saturated carbocycles. The first-order valence-corrected chi connectivity index (χ1v) is 8.49. The maximum Gasteiger partial charge on any atom is 0.277 e. The van der Waals surface area contributed by atoms with E-state index in [4.69, 9.17) is 9.15 Å². The van der Waals surface area contributed by atoms with E-state index in [1.807, 2.05) is 0 Å². The standard InChI is InChI=1S/C15H16N4O5S/c1-8(25-15-18-17-14(24-15)9-3-4-9)13(20)16-11-6-5-10(19(21)22)7-12(11)23-2/h5-9H,3-4H2,1-2H3,(H,16,20)/t8-/m1/s1. The number of aromatic nitrogens is 2. The van der Waals surface area contributed by atoms with Crippen LogP contribution in [0.15, 0.2) is 27.8 Å². The zero-order valence-corrected chi connectivity index (χ0v) is 14.4. The van der Waals surface area contributed by atoms with E-state index in [-0.39, 0.29) is 17.3 Å². The molecular formula is C15H16N4O5S. The number of nitro groups is 1. The van der Waals surface area contributed by atoms with Crippen LogP contribution in [0.2, 0.25) is 0 Å². The van der Waals surface area contributed by atoms with Gasteiger partial charge in [-0.15, -0.1) is 10.2 Å². The number of hydrogen-bond donors (Lipinski definition) is 1. The third-order valence-corrected chi connectivity index (χ3v) is 4.58. The van der Waals surface area contributed by atoms with Gasteiger partial charge in [-0.25, -0.2) is 0 Å².